The van der Waals surface area contributed by atoms with Crippen molar-refractivity contribution in [1.29, 1.82) is 5.26 Å². The van der Waals surface area contributed by atoms with Crippen LogP contribution in [-0.4, -0.2) is 38.1 Å². The number of aromatic nitrogens is 1. The number of benzene rings is 2. The molecule has 0 bridgehead atoms. The summed E-state index contributed by atoms with van der Waals surface area (Å²) in [6.07, 6.45) is 3.02. The van der Waals surface area contributed by atoms with Gasteiger partial charge in [-0.05, 0) is 48.0 Å². The fourth-order valence-electron chi connectivity index (χ4n) is 3.11. The van der Waals surface area contributed by atoms with Crippen molar-refractivity contribution in [3.05, 3.63) is 77.6 Å². The molecular formula is C24H22N4O5. The highest BCUT2D eigenvalue weighted by atomic mass is 16.5. The molecule has 1 atom stereocenters. The third-order valence-electron chi connectivity index (χ3n) is 4.73. The SMILES string of the molecule is COc1cc(C(C#N)NC(=O)c2cccc(NC(=O)c3cccnc3)c2)cc(OC)c1OC. The lowest BCUT2D eigenvalue weighted by atomic mass is 10.1. The number of nitrogens with zero attached hydrogens (tertiary/aromatic N) is 2. The van der Waals surface area contributed by atoms with Crippen molar-refractivity contribution in [1.82, 2.24) is 10.3 Å². The summed E-state index contributed by atoms with van der Waals surface area (Å²) in [7, 11) is 4.41. The Bertz CT molecular complexity index is 1170. The first-order chi connectivity index (χ1) is 16.0. The highest BCUT2D eigenvalue weighted by Gasteiger charge is 2.21. The maximum atomic E-state index is 12.9. The van der Waals surface area contributed by atoms with Gasteiger partial charge in [-0.15, -0.1) is 0 Å². The quantitative estimate of drug-likeness (QED) is 0.544. The summed E-state index contributed by atoms with van der Waals surface area (Å²) in [6.45, 7) is 0. The fraction of sp³-hybridized carbons (Fsp3) is 0.167. The summed E-state index contributed by atoms with van der Waals surface area (Å²) >= 11 is 0. The van der Waals surface area contributed by atoms with Gasteiger partial charge in [-0.2, -0.15) is 5.26 Å². The third-order valence-corrected chi connectivity index (χ3v) is 4.73. The number of nitriles is 1. The minimum Gasteiger partial charge on any atom is -0.493 e. The van der Waals surface area contributed by atoms with Gasteiger partial charge in [0.1, 0.15) is 6.04 Å². The molecule has 0 saturated heterocycles. The Kier molecular flexibility index (Phi) is 7.44. The average molecular weight is 446 g/mol. The van der Waals surface area contributed by atoms with Crippen LogP contribution in [0.4, 0.5) is 5.69 Å². The highest BCUT2D eigenvalue weighted by Crippen LogP contribution is 2.39. The minimum atomic E-state index is -0.986. The number of pyridine rings is 1. The van der Waals surface area contributed by atoms with Gasteiger partial charge < -0.3 is 24.8 Å². The molecule has 0 radical (unpaired) electrons. The molecule has 9 nitrogen and oxygen atoms in total. The molecule has 1 unspecified atom stereocenters. The summed E-state index contributed by atoms with van der Waals surface area (Å²) in [5.74, 6) is 0.257. The van der Waals surface area contributed by atoms with Crippen LogP contribution in [0.2, 0.25) is 0 Å². The van der Waals surface area contributed by atoms with Crippen molar-refractivity contribution in [2.75, 3.05) is 26.6 Å². The van der Waals surface area contributed by atoms with Gasteiger partial charge in [0.05, 0.1) is 33.0 Å². The Balaban J connectivity index is 1.80. The lowest BCUT2D eigenvalue weighted by Gasteiger charge is -2.17. The molecular weight excluding hydrogens is 424 g/mol. The molecule has 9 heteroatoms. The zero-order valence-corrected chi connectivity index (χ0v) is 18.3. The number of rotatable bonds is 8. The van der Waals surface area contributed by atoms with Crippen LogP contribution in [0.3, 0.4) is 0 Å². The van der Waals surface area contributed by atoms with Crippen LogP contribution >= 0.6 is 0 Å². The normalized spacial score (nSPS) is 11.0. The van der Waals surface area contributed by atoms with E-state index < -0.39 is 11.9 Å². The predicted molar refractivity (Wildman–Crippen MR) is 121 cm³/mol. The van der Waals surface area contributed by atoms with Gasteiger partial charge in [-0.25, -0.2) is 0 Å². The molecule has 1 aromatic heterocycles. The first kappa shape index (κ1) is 23.1. The van der Waals surface area contributed by atoms with Crippen LogP contribution in [-0.2, 0) is 0 Å². The van der Waals surface area contributed by atoms with Gasteiger partial charge in [0.25, 0.3) is 11.8 Å². The van der Waals surface area contributed by atoms with Crippen LogP contribution in [0.1, 0.15) is 32.3 Å². The third kappa shape index (κ3) is 5.37. The average Bonchev–Trinajstić information content (AvgIpc) is 2.86. The highest BCUT2D eigenvalue weighted by molar-refractivity contribution is 6.05. The molecule has 0 spiro atoms. The second-order valence-corrected chi connectivity index (χ2v) is 6.77. The minimum absolute atomic E-state index is 0.270. The predicted octanol–water partition coefficient (Wildman–Crippen LogP) is 3.35. The molecule has 0 fully saturated rings. The molecule has 3 rings (SSSR count). The van der Waals surface area contributed by atoms with E-state index in [-0.39, 0.29) is 11.5 Å². The Labute approximate surface area is 190 Å². The second kappa shape index (κ2) is 10.6. The molecule has 0 aliphatic rings. The van der Waals surface area contributed by atoms with E-state index in [1.165, 1.54) is 33.6 Å². The Morgan fingerprint density at radius 2 is 1.64 bits per heavy atom. The number of carbonyl (C=O) groups excluding carboxylic acids is 2. The summed E-state index contributed by atoms with van der Waals surface area (Å²) in [6, 6.07) is 14.0. The number of anilines is 1. The van der Waals surface area contributed by atoms with Crippen LogP contribution in [0.15, 0.2) is 60.9 Å². The summed E-state index contributed by atoms with van der Waals surface area (Å²) in [5.41, 5.74) is 1.55. The number of nitrogens with one attached hydrogen (secondary N) is 2. The van der Waals surface area contributed by atoms with Gasteiger partial charge in [0, 0.05) is 23.6 Å². The molecule has 1 heterocycles. The number of ether oxygens (including phenoxy) is 3. The molecule has 33 heavy (non-hydrogen) atoms. The maximum absolute atomic E-state index is 12.9. The lowest BCUT2D eigenvalue weighted by Crippen LogP contribution is -2.27. The largest absolute Gasteiger partial charge is 0.493 e. The van der Waals surface area contributed by atoms with E-state index in [9.17, 15) is 14.9 Å². The van der Waals surface area contributed by atoms with Gasteiger partial charge in [-0.3, -0.25) is 14.6 Å². The maximum Gasteiger partial charge on any atom is 0.257 e. The Morgan fingerprint density at radius 3 is 2.21 bits per heavy atom. The number of hydrogen-bond donors (Lipinski definition) is 2. The number of carbonyl (C=O) groups is 2. The van der Waals surface area contributed by atoms with E-state index in [4.69, 9.17) is 14.2 Å². The summed E-state index contributed by atoms with van der Waals surface area (Å²) < 4.78 is 15.9. The van der Waals surface area contributed by atoms with E-state index in [1.54, 1.807) is 48.7 Å². The Morgan fingerprint density at radius 1 is 0.939 bits per heavy atom. The summed E-state index contributed by atoms with van der Waals surface area (Å²) in [4.78, 5) is 29.1. The second-order valence-electron chi connectivity index (χ2n) is 6.77. The van der Waals surface area contributed by atoms with Crippen molar-refractivity contribution in [3.63, 3.8) is 0 Å². The summed E-state index contributed by atoms with van der Waals surface area (Å²) in [5, 5.41) is 15.1. The van der Waals surface area contributed by atoms with E-state index in [1.807, 2.05) is 0 Å². The van der Waals surface area contributed by atoms with E-state index in [0.717, 1.165) is 0 Å². The zero-order valence-electron chi connectivity index (χ0n) is 18.3. The number of hydrogen-bond acceptors (Lipinski definition) is 7. The molecule has 3 aromatic rings. The smallest absolute Gasteiger partial charge is 0.257 e. The van der Waals surface area contributed by atoms with E-state index in [2.05, 4.69) is 21.7 Å². The van der Waals surface area contributed by atoms with Gasteiger partial charge in [0.2, 0.25) is 5.75 Å². The molecule has 0 aliphatic carbocycles. The van der Waals surface area contributed by atoms with Gasteiger partial charge in [-0.1, -0.05) is 6.07 Å². The fourth-order valence-corrected chi connectivity index (χ4v) is 3.11. The van der Waals surface area contributed by atoms with Crippen molar-refractivity contribution in [3.8, 4) is 23.3 Å². The van der Waals surface area contributed by atoms with Crippen LogP contribution in [0, 0.1) is 11.3 Å². The zero-order chi connectivity index (χ0) is 23.8. The monoisotopic (exact) mass is 446 g/mol. The van der Waals surface area contributed by atoms with Gasteiger partial charge >= 0.3 is 0 Å². The first-order valence-corrected chi connectivity index (χ1v) is 9.82. The van der Waals surface area contributed by atoms with Gasteiger partial charge in [0.15, 0.2) is 11.5 Å². The first-order valence-electron chi connectivity index (χ1n) is 9.82. The molecule has 2 N–H and O–H groups in total. The molecule has 168 valence electrons. The Hall–Kier alpha value is -4.58. The number of methoxy groups -OCH3 is 3. The molecule has 2 amide bonds. The molecule has 2 aromatic carbocycles. The lowest BCUT2D eigenvalue weighted by molar-refractivity contribution is 0.0943. The van der Waals surface area contributed by atoms with Crippen molar-refractivity contribution in [2.24, 2.45) is 0 Å². The van der Waals surface area contributed by atoms with Crippen molar-refractivity contribution >= 4 is 17.5 Å². The number of amides is 2. The van der Waals surface area contributed by atoms with Crippen LogP contribution < -0.4 is 24.8 Å². The van der Waals surface area contributed by atoms with Crippen LogP contribution in [0.5, 0.6) is 17.2 Å². The topological polar surface area (TPSA) is 123 Å². The van der Waals surface area contributed by atoms with E-state index in [0.29, 0.717) is 34.1 Å². The van der Waals surface area contributed by atoms with Crippen LogP contribution in [0.25, 0.3) is 0 Å². The van der Waals surface area contributed by atoms with Crippen molar-refractivity contribution < 1.29 is 23.8 Å². The standard InChI is InChI=1S/C24H22N4O5/c1-31-20-11-17(12-21(32-2)22(20)33-3)19(13-25)28-23(29)15-6-4-8-18(10-15)27-24(30)16-7-5-9-26-14-16/h4-12,14,19H,1-3H3,(H,27,30)(H,28,29). The molecule has 0 aliphatic heterocycles. The van der Waals surface area contributed by atoms with Crippen molar-refractivity contribution in [2.45, 2.75) is 6.04 Å². The molecule has 0 saturated carbocycles. The van der Waals surface area contributed by atoms with E-state index >= 15 is 0 Å².